The predicted octanol–water partition coefficient (Wildman–Crippen LogP) is 10.2. The predicted molar refractivity (Wildman–Crippen MR) is 142 cm³/mol. The molecule has 3 heteroatoms. The summed E-state index contributed by atoms with van der Waals surface area (Å²) in [7, 11) is 0. The Bertz CT molecular complexity index is 785. The minimum atomic E-state index is 0.580. The molecule has 0 saturated heterocycles. The van der Waals surface area contributed by atoms with Crippen molar-refractivity contribution < 1.29 is 4.86 Å². The Morgan fingerprint density at radius 2 is 1.15 bits per heavy atom. The van der Waals surface area contributed by atoms with Gasteiger partial charge in [-0.3, -0.25) is 0 Å². The van der Waals surface area contributed by atoms with E-state index in [2.05, 4.69) is 31.1 Å². The number of rotatable bonds is 18. The molecule has 3 nitrogen and oxygen atoms in total. The number of aryl methyl sites for hydroxylation is 1. The summed E-state index contributed by atoms with van der Waals surface area (Å²) in [5.41, 5.74) is 4.10. The first-order chi connectivity index (χ1) is 16.3. The first-order valence-corrected chi connectivity index (χ1v) is 13.6. The summed E-state index contributed by atoms with van der Waals surface area (Å²) in [6.07, 6.45) is 20.4. The van der Waals surface area contributed by atoms with Gasteiger partial charge in [-0.15, -0.1) is 0 Å². The molecule has 0 unspecified atom stereocenters. The van der Waals surface area contributed by atoms with E-state index in [0.29, 0.717) is 5.69 Å². The molecule has 0 bridgehead atoms. The van der Waals surface area contributed by atoms with E-state index in [9.17, 15) is 5.21 Å². The molecule has 33 heavy (non-hydrogen) atoms. The molecule has 0 N–H and O–H groups in total. The highest BCUT2D eigenvalue weighted by atomic mass is 16.5. The third-order valence-electron chi connectivity index (χ3n) is 6.50. The molecule has 0 spiro atoms. The van der Waals surface area contributed by atoms with E-state index in [1.807, 2.05) is 36.4 Å². The maximum Gasteiger partial charge on any atom is 0.244 e. The van der Waals surface area contributed by atoms with Crippen LogP contribution in [0.2, 0.25) is 0 Å². The molecule has 0 radical (unpaired) electrons. The molecule has 0 aromatic heterocycles. The van der Waals surface area contributed by atoms with Crippen molar-refractivity contribution >= 4 is 11.4 Å². The van der Waals surface area contributed by atoms with Gasteiger partial charge in [0, 0.05) is 17.2 Å². The molecular weight excluding hydrogens is 404 g/mol. The van der Waals surface area contributed by atoms with Gasteiger partial charge >= 0.3 is 0 Å². The van der Waals surface area contributed by atoms with Gasteiger partial charge in [-0.25, -0.2) is 0 Å². The van der Waals surface area contributed by atoms with Crippen molar-refractivity contribution in [3.05, 3.63) is 64.9 Å². The first kappa shape index (κ1) is 27.1. The van der Waals surface area contributed by atoms with Crippen molar-refractivity contribution in [2.24, 2.45) is 5.11 Å². The number of azo groups is 1. The van der Waals surface area contributed by atoms with Crippen molar-refractivity contribution in [1.29, 1.82) is 0 Å². The van der Waals surface area contributed by atoms with E-state index in [1.54, 1.807) is 0 Å². The van der Waals surface area contributed by atoms with Gasteiger partial charge in [-0.05, 0) is 42.9 Å². The second-order valence-corrected chi connectivity index (χ2v) is 9.37. The lowest BCUT2D eigenvalue weighted by Crippen LogP contribution is -1.98. The number of nitrogens with zero attached hydrogens (tertiary/aromatic N) is 2. The van der Waals surface area contributed by atoms with Crippen LogP contribution < -0.4 is 0 Å². The molecule has 2 aromatic carbocycles. The molecular formula is C30H46N2O. The Balaban J connectivity index is 2.02. The van der Waals surface area contributed by atoms with Crippen LogP contribution in [-0.4, -0.2) is 4.86 Å². The van der Waals surface area contributed by atoms with Crippen molar-refractivity contribution in [3.63, 3.8) is 0 Å². The zero-order valence-electron chi connectivity index (χ0n) is 21.2. The van der Waals surface area contributed by atoms with Gasteiger partial charge in [-0.2, -0.15) is 0 Å². The largest absolute Gasteiger partial charge is 0.594 e. The zero-order chi connectivity index (χ0) is 23.6. The summed E-state index contributed by atoms with van der Waals surface area (Å²) < 4.78 is 0. The number of unbranched alkanes of at least 4 members (excludes halogenated alkanes) is 12. The maximum atomic E-state index is 12.7. The third kappa shape index (κ3) is 11.0. The summed E-state index contributed by atoms with van der Waals surface area (Å²) in [5.74, 6) is 0. The Hall–Kier alpha value is -2.16. The SMILES string of the molecule is CCCCCCCCCc1cccc(N=[N+]([O-])c2ccccc2)c1CCCCCCCCC. The molecule has 2 rings (SSSR count). The summed E-state index contributed by atoms with van der Waals surface area (Å²) in [6.45, 7) is 4.54. The molecule has 0 aliphatic carbocycles. The van der Waals surface area contributed by atoms with Gasteiger partial charge < -0.3 is 5.21 Å². The van der Waals surface area contributed by atoms with Gasteiger partial charge in [0.15, 0.2) is 0 Å². The quantitative estimate of drug-likeness (QED) is 0.0963. The standard InChI is InChI=1S/C30H46N2O/c1-3-5-7-9-11-13-16-21-27-22-20-26-30(31-32(33)28-23-17-15-18-24-28)29(27)25-19-14-12-10-8-6-4-2/h15,17-18,20,22-24,26H,3-14,16,19,21,25H2,1-2H3. The third-order valence-corrected chi connectivity index (χ3v) is 6.50. The van der Waals surface area contributed by atoms with Crippen molar-refractivity contribution in [3.8, 4) is 0 Å². The van der Waals surface area contributed by atoms with Crippen LogP contribution in [-0.2, 0) is 12.8 Å². The second kappa shape index (κ2) is 17.3. The number of para-hydroxylation sites is 1. The number of hydrogen-bond acceptors (Lipinski definition) is 2. The molecule has 0 aliphatic rings. The molecule has 0 saturated carbocycles. The average Bonchev–Trinajstić information content (AvgIpc) is 2.84. The zero-order valence-corrected chi connectivity index (χ0v) is 21.2. The van der Waals surface area contributed by atoms with Crippen molar-refractivity contribution in [2.45, 2.75) is 117 Å². The monoisotopic (exact) mass is 450 g/mol. The van der Waals surface area contributed by atoms with Crippen molar-refractivity contribution in [2.75, 3.05) is 0 Å². The number of benzene rings is 2. The average molecular weight is 451 g/mol. The molecule has 182 valence electrons. The van der Waals surface area contributed by atoms with Gasteiger partial charge in [0.1, 0.15) is 5.69 Å². The van der Waals surface area contributed by atoms with Gasteiger partial charge in [0.25, 0.3) is 0 Å². The lowest BCUT2D eigenvalue weighted by Gasteiger charge is -2.12. The van der Waals surface area contributed by atoms with Crippen LogP contribution in [0.1, 0.15) is 115 Å². The molecule has 0 heterocycles. The van der Waals surface area contributed by atoms with Crippen LogP contribution in [0, 0.1) is 5.21 Å². The Morgan fingerprint density at radius 1 is 0.606 bits per heavy atom. The smallest absolute Gasteiger partial charge is 0.244 e. The van der Waals surface area contributed by atoms with E-state index in [0.717, 1.165) is 23.4 Å². The second-order valence-electron chi connectivity index (χ2n) is 9.37. The lowest BCUT2D eigenvalue weighted by molar-refractivity contribution is -0.435. The van der Waals surface area contributed by atoms with Crippen molar-refractivity contribution in [1.82, 2.24) is 0 Å². The van der Waals surface area contributed by atoms with Crippen LogP contribution in [0.5, 0.6) is 0 Å². The Kier molecular flexibility index (Phi) is 14.2. The van der Waals surface area contributed by atoms with E-state index in [4.69, 9.17) is 0 Å². The minimum Gasteiger partial charge on any atom is -0.594 e. The minimum absolute atomic E-state index is 0.580. The van der Waals surface area contributed by atoms with Crippen LogP contribution in [0.4, 0.5) is 11.4 Å². The van der Waals surface area contributed by atoms with Gasteiger partial charge in [0.2, 0.25) is 5.69 Å². The summed E-state index contributed by atoms with van der Waals surface area (Å²) in [5, 5.41) is 17.2. The summed E-state index contributed by atoms with van der Waals surface area (Å²) >= 11 is 0. The Labute approximate surface area is 202 Å². The highest BCUT2D eigenvalue weighted by molar-refractivity contribution is 5.50. The fourth-order valence-electron chi connectivity index (χ4n) is 4.48. The molecule has 2 aromatic rings. The highest BCUT2D eigenvalue weighted by Crippen LogP contribution is 2.28. The lowest BCUT2D eigenvalue weighted by atomic mass is 9.95. The van der Waals surface area contributed by atoms with E-state index in [-0.39, 0.29) is 0 Å². The first-order valence-electron chi connectivity index (χ1n) is 13.6. The molecule has 0 atom stereocenters. The molecule has 0 aliphatic heterocycles. The molecule has 0 amide bonds. The van der Waals surface area contributed by atoms with E-state index in [1.165, 1.54) is 101 Å². The summed E-state index contributed by atoms with van der Waals surface area (Å²) in [4.78, 5) is 0.779. The highest BCUT2D eigenvalue weighted by Gasteiger charge is 2.12. The topological polar surface area (TPSA) is 38.4 Å². The van der Waals surface area contributed by atoms with E-state index < -0.39 is 0 Å². The summed E-state index contributed by atoms with van der Waals surface area (Å²) in [6, 6.07) is 15.7. The van der Waals surface area contributed by atoms with Crippen LogP contribution in [0.15, 0.2) is 53.6 Å². The number of hydrogen-bond donors (Lipinski definition) is 0. The van der Waals surface area contributed by atoms with Gasteiger partial charge in [-0.1, -0.05) is 126 Å². The fraction of sp³-hybridized carbons (Fsp3) is 0.600. The van der Waals surface area contributed by atoms with Crippen LogP contribution in [0.3, 0.4) is 0 Å². The fourth-order valence-corrected chi connectivity index (χ4v) is 4.48. The molecule has 0 fully saturated rings. The Morgan fingerprint density at radius 3 is 1.76 bits per heavy atom. The van der Waals surface area contributed by atoms with Crippen LogP contribution >= 0.6 is 0 Å². The van der Waals surface area contributed by atoms with Gasteiger partial charge in [0.05, 0.1) is 0 Å². The maximum absolute atomic E-state index is 12.7. The van der Waals surface area contributed by atoms with Crippen LogP contribution in [0.25, 0.3) is 0 Å². The normalized spacial score (nSPS) is 11.8. The van der Waals surface area contributed by atoms with E-state index >= 15 is 0 Å².